The van der Waals surface area contributed by atoms with Crippen molar-refractivity contribution in [3.63, 3.8) is 0 Å². The Bertz CT molecular complexity index is 900. The van der Waals surface area contributed by atoms with E-state index in [-0.39, 0.29) is 30.4 Å². The number of likely N-dealkylation sites (N-methyl/N-ethyl adjacent to an activating group) is 1. The standard InChI is InChI=1S/C20H24N4O5/c1-4-14-7-5-6-8-16(14)21-19(25)12-23(2)13-20(26)22-17-10-9-15(29-3)11-18(17)24(27)28/h5-11H,4,12-13H2,1-3H3,(H,21,25)(H,22,26). The number of hydrogen-bond acceptors (Lipinski definition) is 6. The predicted octanol–water partition coefficient (Wildman–Crippen LogP) is 2.67. The van der Waals surface area contributed by atoms with Crippen LogP contribution in [0.1, 0.15) is 12.5 Å². The minimum Gasteiger partial charge on any atom is -0.496 e. The first kappa shape index (κ1) is 21.8. The SMILES string of the molecule is CCc1ccccc1NC(=O)CN(C)CC(=O)Nc1ccc(OC)cc1[N+](=O)[O-]. The van der Waals surface area contributed by atoms with Crippen molar-refractivity contribution in [3.8, 4) is 5.75 Å². The normalized spacial score (nSPS) is 10.5. The first-order chi connectivity index (χ1) is 13.8. The molecule has 2 rings (SSSR count). The van der Waals surface area contributed by atoms with E-state index in [1.807, 2.05) is 31.2 Å². The molecule has 0 saturated carbocycles. The molecule has 0 aromatic heterocycles. The number of carbonyl (C=O) groups excluding carboxylic acids is 2. The number of rotatable bonds is 9. The molecule has 0 aliphatic carbocycles. The van der Waals surface area contributed by atoms with Gasteiger partial charge in [0.2, 0.25) is 11.8 Å². The number of benzene rings is 2. The Morgan fingerprint density at radius 3 is 2.28 bits per heavy atom. The maximum Gasteiger partial charge on any atom is 0.296 e. The first-order valence-corrected chi connectivity index (χ1v) is 9.02. The second kappa shape index (κ2) is 10.2. The number of carbonyl (C=O) groups is 2. The summed E-state index contributed by atoms with van der Waals surface area (Å²) in [5.74, 6) is -0.407. The van der Waals surface area contributed by atoms with Crippen LogP contribution in [0.4, 0.5) is 17.1 Å². The van der Waals surface area contributed by atoms with Crippen LogP contribution < -0.4 is 15.4 Å². The topological polar surface area (TPSA) is 114 Å². The quantitative estimate of drug-likeness (QED) is 0.494. The van der Waals surface area contributed by atoms with Crippen LogP contribution >= 0.6 is 0 Å². The molecule has 2 aromatic rings. The Hall–Kier alpha value is -3.46. The van der Waals surface area contributed by atoms with Crippen molar-refractivity contribution < 1.29 is 19.2 Å². The zero-order valence-corrected chi connectivity index (χ0v) is 16.6. The minimum absolute atomic E-state index is 0.00380. The zero-order valence-electron chi connectivity index (χ0n) is 16.6. The van der Waals surface area contributed by atoms with Gasteiger partial charge in [0, 0.05) is 5.69 Å². The number of nitro benzene ring substituents is 1. The summed E-state index contributed by atoms with van der Waals surface area (Å²) in [6.45, 7) is 1.89. The summed E-state index contributed by atoms with van der Waals surface area (Å²) in [5, 5.41) is 16.5. The van der Waals surface area contributed by atoms with Gasteiger partial charge in [-0.15, -0.1) is 0 Å². The molecule has 2 aromatic carbocycles. The van der Waals surface area contributed by atoms with Gasteiger partial charge in [0.1, 0.15) is 11.4 Å². The van der Waals surface area contributed by atoms with Gasteiger partial charge >= 0.3 is 0 Å². The van der Waals surface area contributed by atoms with Crippen LogP contribution in [0.15, 0.2) is 42.5 Å². The highest BCUT2D eigenvalue weighted by atomic mass is 16.6. The van der Waals surface area contributed by atoms with Gasteiger partial charge in [0.15, 0.2) is 0 Å². The molecule has 0 bridgehead atoms. The van der Waals surface area contributed by atoms with Crippen molar-refractivity contribution in [2.75, 3.05) is 37.9 Å². The van der Waals surface area contributed by atoms with Gasteiger partial charge < -0.3 is 15.4 Å². The summed E-state index contributed by atoms with van der Waals surface area (Å²) >= 11 is 0. The lowest BCUT2D eigenvalue weighted by atomic mass is 10.1. The molecule has 0 unspecified atom stereocenters. The molecule has 9 heteroatoms. The van der Waals surface area contributed by atoms with Gasteiger partial charge in [-0.1, -0.05) is 25.1 Å². The summed E-state index contributed by atoms with van der Waals surface area (Å²) < 4.78 is 4.97. The van der Waals surface area contributed by atoms with Crippen LogP contribution in [-0.4, -0.2) is 48.9 Å². The number of anilines is 2. The number of aryl methyl sites for hydroxylation is 1. The van der Waals surface area contributed by atoms with E-state index in [9.17, 15) is 19.7 Å². The summed E-state index contributed by atoms with van der Waals surface area (Å²) in [6.07, 6.45) is 0.787. The van der Waals surface area contributed by atoms with Crippen molar-refractivity contribution in [1.29, 1.82) is 0 Å². The highest BCUT2D eigenvalue weighted by Gasteiger charge is 2.18. The fraction of sp³-hybridized carbons (Fsp3) is 0.300. The maximum absolute atomic E-state index is 12.3. The Morgan fingerprint density at radius 1 is 1.07 bits per heavy atom. The second-order valence-corrected chi connectivity index (χ2v) is 6.42. The molecule has 9 nitrogen and oxygen atoms in total. The van der Waals surface area contributed by atoms with E-state index in [0.29, 0.717) is 5.75 Å². The molecule has 0 radical (unpaired) electrons. The summed E-state index contributed by atoms with van der Waals surface area (Å²) in [7, 11) is 3.02. The maximum atomic E-state index is 12.3. The van der Waals surface area contributed by atoms with Gasteiger partial charge in [0.05, 0.1) is 31.2 Å². The van der Waals surface area contributed by atoms with Gasteiger partial charge in [0.25, 0.3) is 5.69 Å². The molecule has 0 fully saturated rings. The van der Waals surface area contributed by atoms with Crippen LogP contribution in [0.5, 0.6) is 5.75 Å². The number of para-hydroxylation sites is 1. The lowest BCUT2D eigenvalue weighted by Crippen LogP contribution is -2.36. The van der Waals surface area contributed by atoms with Gasteiger partial charge in [-0.05, 0) is 37.2 Å². The highest BCUT2D eigenvalue weighted by Crippen LogP contribution is 2.28. The van der Waals surface area contributed by atoms with Crippen LogP contribution in [0, 0.1) is 10.1 Å². The van der Waals surface area contributed by atoms with Gasteiger partial charge in [-0.25, -0.2) is 0 Å². The molecular formula is C20H24N4O5. The Kier molecular flexibility index (Phi) is 7.67. The Morgan fingerprint density at radius 2 is 1.69 bits per heavy atom. The van der Waals surface area contributed by atoms with Crippen LogP contribution in [0.2, 0.25) is 0 Å². The van der Waals surface area contributed by atoms with E-state index in [4.69, 9.17) is 4.74 Å². The second-order valence-electron chi connectivity index (χ2n) is 6.42. The summed E-state index contributed by atoms with van der Waals surface area (Å²) in [5.41, 5.74) is 1.56. The third kappa shape index (κ3) is 6.28. The average Bonchev–Trinajstić information content (AvgIpc) is 2.68. The van der Waals surface area contributed by atoms with E-state index in [1.165, 1.54) is 30.2 Å². The zero-order chi connectivity index (χ0) is 21.4. The molecule has 0 aliphatic heterocycles. The molecule has 0 spiro atoms. The van der Waals surface area contributed by atoms with E-state index in [2.05, 4.69) is 10.6 Å². The smallest absolute Gasteiger partial charge is 0.296 e. The predicted molar refractivity (Wildman–Crippen MR) is 110 cm³/mol. The molecule has 0 atom stereocenters. The Labute approximate surface area is 168 Å². The highest BCUT2D eigenvalue weighted by molar-refractivity contribution is 5.96. The molecule has 0 saturated heterocycles. The minimum atomic E-state index is -0.597. The molecule has 154 valence electrons. The molecule has 29 heavy (non-hydrogen) atoms. The van der Waals surface area contributed by atoms with Crippen molar-refractivity contribution in [2.45, 2.75) is 13.3 Å². The average molecular weight is 400 g/mol. The lowest BCUT2D eigenvalue weighted by Gasteiger charge is -2.17. The number of nitrogens with one attached hydrogen (secondary N) is 2. The molecule has 2 N–H and O–H groups in total. The van der Waals surface area contributed by atoms with E-state index < -0.39 is 10.8 Å². The van der Waals surface area contributed by atoms with E-state index in [0.717, 1.165) is 17.7 Å². The number of hydrogen-bond donors (Lipinski definition) is 2. The first-order valence-electron chi connectivity index (χ1n) is 9.02. The van der Waals surface area contributed by atoms with Crippen molar-refractivity contribution >= 4 is 28.9 Å². The Balaban J connectivity index is 1.94. The number of amides is 2. The lowest BCUT2D eigenvalue weighted by molar-refractivity contribution is -0.384. The monoisotopic (exact) mass is 400 g/mol. The molecule has 0 aliphatic rings. The van der Waals surface area contributed by atoms with Crippen LogP contribution in [-0.2, 0) is 16.0 Å². The number of nitro groups is 1. The third-order valence-corrected chi connectivity index (χ3v) is 4.18. The van der Waals surface area contributed by atoms with Crippen LogP contribution in [0.3, 0.4) is 0 Å². The van der Waals surface area contributed by atoms with Crippen molar-refractivity contribution in [2.24, 2.45) is 0 Å². The largest absolute Gasteiger partial charge is 0.496 e. The number of nitrogens with zero attached hydrogens (tertiary/aromatic N) is 2. The summed E-state index contributed by atoms with van der Waals surface area (Å²) in [4.78, 5) is 36.6. The fourth-order valence-electron chi connectivity index (χ4n) is 2.77. The van der Waals surface area contributed by atoms with E-state index >= 15 is 0 Å². The molecule has 0 heterocycles. The molecule has 2 amide bonds. The number of ether oxygens (including phenoxy) is 1. The number of methoxy groups -OCH3 is 1. The summed E-state index contributed by atoms with van der Waals surface area (Å²) in [6, 6.07) is 11.7. The van der Waals surface area contributed by atoms with Crippen LogP contribution in [0.25, 0.3) is 0 Å². The van der Waals surface area contributed by atoms with Gasteiger partial charge in [-0.3, -0.25) is 24.6 Å². The fourth-order valence-corrected chi connectivity index (χ4v) is 2.77. The van der Waals surface area contributed by atoms with E-state index in [1.54, 1.807) is 7.05 Å². The van der Waals surface area contributed by atoms with Gasteiger partial charge in [-0.2, -0.15) is 0 Å². The van der Waals surface area contributed by atoms with Crippen molar-refractivity contribution in [1.82, 2.24) is 4.90 Å². The third-order valence-electron chi connectivity index (χ3n) is 4.18. The molecular weight excluding hydrogens is 376 g/mol. The van der Waals surface area contributed by atoms with Crippen molar-refractivity contribution in [3.05, 3.63) is 58.1 Å².